The lowest BCUT2D eigenvalue weighted by atomic mass is 9.95. The first-order chi connectivity index (χ1) is 10.1. The van der Waals surface area contributed by atoms with Crippen LogP contribution in [0.3, 0.4) is 0 Å². The molecule has 1 N–H and O–H groups in total. The lowest BCUT2D eigenvalue weighted by Crippen LogP contribution is -2.42. The molecule has 0 bridgehead atoms. The summed E-state index contributed by atoms with van der Waals surface area (Å²) in [5, 5.41) is 9.17. The van der Waals surface area contributed by atoms with Gasteiger partial charge in [0.25, 0.3) is 0 Å². The zero-order valence-corrected chi connectivity index (χ0v) is 13.5. The maximum Gasteiger partial charge on any atom is 0.132 e. The zero-order chi connectivity index (χ0) is 15.2. The lowest BCUT2D eigenvalue weighted by molar-refractivity contribution is 0.137. The van der Waals surface area contributed by atoms with Crippen LogP contribution in [0.2, 0.25) is 0 Å². The van der Waals surface area contributed by atoms with Gasteiger partial charge in [0.05, 0.1) is 6.61 Å². The van der Waals surface area contributed by atoms with Gasteiger partial charge in [0, 0.05) is 44.0 Å². The summed E-state index contributed by atoms with van der Waals surface area (Å²) in [4.78, 5) is 13.3. The fourth-order valence-corrected chi connectivity index (χ4v) is 2.98. The number of aliphatic hydroxyl groups is 1. The minimum absolute atomic E-state index is 0.247. The van der Waals surface area contributed by atoms with Gasteiger partial charge in [0.15, 0.2) is 0 Å². The molecule has 0 saturated carbocycles. The lowest BCUT2D eigenvalue weighted by Gasteiger charge is -2.36. The highest BCUT2D eigenvalue weighted by molar-refractivity contribution is 5.38. The third kappa shape index (κ3) is 4.64. The van der Waals surface area contributed by atoms with E-state index in [1.165, 1.54) is 12.8 Å². The van der Waals surface area contributed by atoms with Crippen molar-refractivity contribution in [1.29, 1.82) is 0 Å². The molecule has 1 aromatic heterocycles. The van der Waals surface area contributed by atoms with Crippen molar-refractivity contribution >= 4 is 5.82 Å². The number of hydrogen-bond acceptors (Lipinski definition) is 5. The summed E-state index contributed by atoms with van der Waals surface area (Å²) in [7, 11) is 0. The molecule has 1 saturated heterocycles. The van der Waals surface area contributed by atoms with Crippen LogP contribution in [-0.4, -0.2) is 58.8 Å². The third-order valence-electron chi connectivity index (χ3n) is 4.34. The Labute approximate surface area is 128 Å². The minimum atomic E-state index is 0.247. The molecule has 2 rings (SSSR count). The molecule has 1 fully saturated rings. The van der Waals surface area contributed by atoms with Crippen LogP contribution >= 0.6 is 0 Å². The van der Waals surface area contributed by atoms with E-state index in [1.807, 2.05) is 6.92 Å². The Kier molecular flexibility index (Phi) is 5.94. The van der Waals surface area contributed by atoms with Crippen LogP contribution in [0.5, 0.6) is 0 Å². The van der Waals surface area contributed by atoms with E-state index < -0.39 is 0 Å². The van der Waals surface area contributed by atoms with E-state index in [-0.39, 0.29) is 6.61 Å². The summed E-state index contributed by atoms with van der Waals surface area (Å²) in [6.07, 6.45) is 4.04. The second-order valence-electron chi connectivity index (χ2n) is 6.26. The average Bonchev–Trinajstić information content (AvgIpc) is 2.47. The van der Waals surface area contributed by atoms with Crippen molar-refractivity contribution in [2.75, 3.05) is 37.7 Å². The van der Waals surface area contributed by atoms with E-state index in [9.17, 15) is 0 Å². The number of aliphatic hydroxyl groups excluding tert-OH is 1. The van der Waals surface area contributed by atoms with Gasteiger partial charge in [-0.3, -0.25) is 4.90 Å². The molecule has 2 heterocycles. The Bertz CT molecular complexity index is 430. The Morgan fingerprint density at radius 1 is 1.33 bits per heavy atom. The number of hydrogen-bond donors (Lipinski definition) is 1. The normalized spacial score (nSPS) is 17.0. The van der Waals surface area contributed by atoms with E-state index >= 15 is 0 Å². The zero-order valence-electron chi connectivity index (χ0n) is 13.5. The van der Waals surface area contributed by atoms with Gasteiger partial charge in [0.2, 0.25) is 0 Å². The van der Waals surface area contributed by atoms with Crippen molar-refractivity contribution in [3.8, 4) is 0 Å². The van der Waals surface area contributed by atoms with Crippen LogP contribution < -0.4 is 4.90 Å². The number of aryl methyl sites for hydroxylation is 1. The maximum atomic E-state index is 9.17. The molecule has 5 nitrogen and oxygen atoms in total. The molecule has 0 radical (unpaired) electrons. The first-order valence-electron chi connectivity index (χ1n) is 7.98. The predicted octanol–water partition coefficient (Wildman–Crippen LogP) is 1.70. The Morgan fingerprint density at radius 2 is 2.05 bits per heavy atom. The van der Waals surface area contributed by atoms with Gasteiger partial charge in [-0.2, -0.15) is 0 Å². The van der Waals surface area contributed by atoms with Crippen LogP contribution in [0.25, 0.3) is 0 Å². The van der Waals surface area contributed by atoms with Crippen molar-refractivity contribution in [1.82, 2.24) is 14.9 Å². The molecule has 21 heavy (non-hydrogen) atoms. The van der Waals surface area contributed by atoms with Gasteiger partial charge in [-0.25, -0.2) is 9.97 Å². The summed E-state index contributed by atoms with van der Waals surface area (Å²) < 4.78 is 0. The first kappa shape index (κ1) is 16.2. The van der Waals surface area contributed by atoms with Crippen LogP contribution in [0.1, 0.15) is 32.4 Å². The van der Waals surface area contributed by atoms with Crippen molar-refractivity contribution in [3.05, 3.63) is 18.1 Å². The summed E-state index contributed by atoms with van der Waals surface area (Å²) >= 11 is 0. The Morgan fingerprint density at radius 3 is 2.62 bits per heavy atom. The molecular weight excluding hydrogens is 264 g/mol. The second kappa shape index (κ2) is 7.71. The fraction of sp³-hybridized carbons (Fsp3) is 0.750. The predicted molar refractivity (Wildman–Crippen MR) is 85.5 cm³/mol. The van der Waals surface area contributed by atoms with Crippen molar-refractivity contribution in [3.63, 3.8) is 0 Å². The molecule has 1 aromatic rings. The van der Waals surface area contributed by atoms with Crippen molar-refractivity contribution < 1.29 is 5.11 Å². The summed E-state index contributed by atoms with van der Waals surface area (Å²) in [6, 6.07) is 2.56. The van der Waals surface area contributed by atoms with Gasteiger partial charge in [0.1, 0.15) is 12.1 Å². The second-order valence-corrected chi connectivity index (χ2v) is 6.26. The Balaban J connectivity index is 1.85. The van der Waals surface area contributed by atoms with Crippen molar-refractivity contribution in [2.45, 2.75) is 39.7 Å². The molecule has 0 atom stereocenters. The van der Waals surface area contributed by atoms with Crippen LogP contribution in [-0.2, 0) is 0 Å². The highest BCUT2D eigenvalue weighted by atomic mass is 16.3. The van der Waals surface area contributed by atoms with Gasteiger partial charge < -0.3 is 10.0 Å². The quantitative estimate of drug-likeness (QED) is 0.865. The summed E-state index contributed by atoms with van der Waals surface area (Å²) in [6.45, 7) is 10.7. The SMILES string of the molecule is Cc1cc(N2CCC(CN(CCO)C(C)C)CC2)ncn1. The molecule has 1 aliphatic heterocycles. The van der Waals surface area contributed by atoms with Gasteiger partial charge in [-0.05, 0) is 39.5 Å². The van der Waals surface area contributed by atoms with E-state index in [0.29, 0.717) is 6.04 Å². The number of aromatic nitrogens is 2. The summed E-state index contributed by atoms with van der Waals surface area (Å²) in [5.41, 5.74) is 1.02. The topological polar surface area (TPSA) is 52.5 Å². The highest BCUT2D eigenvalue weighted by Gasteiger charge is 2.23. The average molecular weight is 292 g/mol. The van der Waals surface area contributed by atoms with E-state index in [0.717, 1.165) is 43.6 Å². The fourth-order valence-electron chi connectivity index (χ4n) is 2.98. The smallest absolute Gasteiger partial charge is 0.132 e. The first-order valence-corrected chi connectivity index (χ1v) is 7.98. The number of anilines is 1. The standard InChI is InChI=1S/C16H28N4O/c1-13(2)20(8-9-21)11-15-4-6-19(7-5-15)16-10-14(3)17-12-18-16/h10,12-13,15,21H,4-9,11H2,1-3H3. The Hall–Kier alpha value is -1.20. The van der Waals surface area contributed by atoms with Gasteiger partial charge in [-0.1, -0.05) is 0 Å². The van der Waals surface area contributed by atoms with Gasteiger partial charge in [-0.15, -0.1) is 0 Å². The van der Waals surface area contributed by atoms with Crippen LogP contribution in [0.15, 0.2) is 12.4 Å². The molecule has 0 aromatic carbocycles. The largest absolute Gasteiger partial charge is 0.395 e. The van der Waals surface area contributed by atoms with E-state index in [4.69, 9.17) is 5.11 Å². The molecular formula is C16H28N4O. The highest BCUT2D eigenvalue weighted by Crippen LogP contribution is 2.23. The third-order valence-corrected chi connectivity index (χ3v) is 4.34. The summed E-state index contributed by atoms with van der Waals surface area (Å²) in [5.74, 6) is 1.77. The van der Waals surface area contributed by atoms with E-state index in [1.54, 1.807) is 6.33 Å². The monoisotopic (exact) mass is 292 g/mol. The molecule has 0 amide bonds. The molecule has 5 heteroatoms. The number of piperidine rings is 1. The van der Waals surface area contributed by atoms with Crippen molar-refractivity contribution in [2.24, 2.45) is 5.92 Å². The molecule has 0 unspecified atom stereocenters. The maximum absolute atomic E-state index is 9.17. The van der Waals surface area contributed by atoms with E-state index in [2.05, 4.69) is 39.7 Å². The number of rotatable bonds is 6. The number of nitrogens with zero attached hydrogens (tertiary/aromatic N) is 4. The molecule has 1 aliphatic rings. The van der Waals surface area contributed by atoms with Crippen LogP contribution in [0, 0.1) is 12.8 Å². The van der Waals surface area contributed by atoms with Gasteiger partial charge >= 0.3 is 0 Å². The minimum Gasteiger partial charge on any atom is -0.395 e. The molecule has 0 spiro atoms. The molecule has 0 aliphatic carbocycles. The van der Waals surface area contributed by atoms with Crippen LogP contribution in [0.4, 0.5) is 5.82 Å². The molecule has 118 valence electrons.